The number of nitrogens with one attached hydrogen (secondary N) is 2. The van der Waals surface area contributed by atoms with Crippen LogP contribution in [0.5, 0.6) is 0 Å². The molecule has 0 bridgehead atoms. The number of nitrogens with zero attached hydrogens (tertiary/aromatic N) is 2. The van der Waals surface area contributed by atoms with E-state index in [0.717, 1.165) is 28.2 Å². The summed E-state index contributed by atoms with van der Waals surface area (Å²) < 4.78 is 1.98. The molecule has 0 saturated heterocycles. The van der Waals surface area contributed by atoms with Crippen molar-refractivity contribution in [3.8, 4) is 5.69 Å². The fraction of sp³-hybridized carbons (Fsp3) is 0.136. The van der Waals surface area contributed by atoms with Crippen LogP contribution in [0.15, 0.2) is 59.7 Å². The Morgan fingerprint density at radius 3 is 2.33 bits per heavy atom. The number of aryl methyl sites for hydroxylation is 1. The molecule has 0 aliphatic rings. The topological polar surface area (TPSA) is 75.5 Å². The van der Waals surface area contributed by atoms with E-state index in [0.29, 0.717) is 10.0 Å². The molecule has 0 fully saturated rings. The number of rotatable bonds is 5. The van der Waals surface area contributed by atoms with Gasteiger partial charge in [0.1, 0.15) is 0 Å². The Morgan fingerprint density at radius 1 is 1.00 bits per heavy atom. The summed E-state index contributed by atoms with van der Waals surface area (Å²) in [4.78, 5) is 23.8. The molecule has 30 heavy (non-hydrogen) atoms. The zero-order chi connectivity index (χ0) is 21.7. The molecule has 0 aliphatic carbocycles. The Hall–Kier alpha value is -3.09. The lowest BCUT2D eigenvalue weighted by Crippen LogP contribution is -2.37. The first-order chi connectivity index (χ1) is 14.3. The van der Waals surface area contributed by atoms with Gasteiger partial charge in [-0.05, 0) is 43.7 Å². The minimum Gasteiger partial charge on any atom is -0.344 e. The van der Waals surface area contributed by atoms with Crippen molar-refractivity contribution in [3.63, 3.8) is 0 Å². The molecule has 3 rings (SSSR count). The first-order valence-electron chi connectivity index (χ1n) is 9.15. The normalized spacial score (nSPS) is 10.9. The first kappa shape index (κ1) is 21.6. The van der Waals surface area contributed by atoms with Gasteiger partial charge in [-0.2, -0.15) is 5.10 Å². The van der Waals surface area contributed by atoms with Crippen LogP contribution >= 0.6 is 23.2 Å². The third-order valence-corrected chi connectivity index (χ3v) is 4.88. The number of benzene rings is 2. The van der Waals surface area contributed by atoms with Crippen LogP contribution in [0.1, 0.15) is 22.5 Å². The second-order valence-corrected chi connectivity index (χ2v) is 7.53. The van der Waals surface area contributed by atoms with E-state index in [2.05, 4.69) is 15.8 Å². The van der Waals surface area contributed by atoms with E-state index in [1.807, 2.05) is 66.9 Å². The second-order valence-electron chi connectivity index (χ2n) is 6.66. The number of aromatic nitrogens is 1. The molecule has 0 aliphatic heterocycles. The van der Waals surface area contributed by atoms with Gasteiger partial charge in [0, 0.05) is 39.2 Å². The van der Waals surface area contributed by atoms with Crippen molar-refractivity contribution in [1.29, 1.82) is 0 Å². The molecule has 0 spiro atoms. The van der Waals surface area contributed by atoms with E-state index in [1.165, 1.54) is 6.21 Å². The van der Waals surface area contributed by atoms with Gasteiger partial charge in [0.15, 0.2) is 0 Å². The monoisotopic (exact) mass is 442 g/mol. The molecule has 0 saturated carbocycles. The third kappa shape index (κ3) is 5.28. The Morgan fingerprint density at radius 2 is 1.67 bits per heavy atom. The molecule has 8 heteroatoms. The lowest BCUT2D eigenvalue weighted by atomic mass is 10.2. The number of hydrazone groups is 1. The highest BCUT2D eigenvalue weighted by Gasteiger charge is 2.13. The predicted molar refractivity (Wildman–Crippen MR) is 119 cm³/mol. The molecule has 1 aromatic heterocycles. The molecule has 154 valence electrons. The van der Waals surface area contributed by atoms with E-state index in [1.54, 1.807) is 6.07 Å². The average Bonchev–Trinajstić information content (AvgIpc) is 2.99. The zero-order valence-corrected chi connectivity index (χ0v) is 18.0. The van der Waals surface area contributed by atoms with E-state index < -0.39 is 11.8 Å². The van der Waals surface area contributed by atoms with Gasteiger partial charge in [0.2, 0.25) is 0 Å². The number of carbonyl (C=O) groups excluding carboxylic acids is 2. The van der Waals surface area contributed by atoms with Crippen molar-refractivity contribution >= 4 is 41.2 Å². The molecule has 2 amide bonds. The molecule has 1 heterocycles. The largest absolute Gasteiger partial charge is 0.344 e. The maximum atomic E-state index is 11.9. The van der Waals surface area contributed by atoms with Crippen LogP contribution in [0.25, 0.3) is 5.69 Å². The SMILES string of the molecule is Cc1cc(/C=N\NC(=O)C(=O)NCc2ccccc2)c(C)n1-c1cc(Cl)cc(Cl)c1. The summed E-state index contributed by atoms with van der Waals surface area (Å²) in [7, 11) is 0. The molecule has 2 aromatic carbocycles. The number of amides is 2. The van der Waals surface area contributed by atoms with Crippen molar-refractivity contribution in [2.75, 3.05) is 0 Å². The standard InChI is InChI=1S/C22H20Cl2N4O2/c1-14-8-17(15(2)28(14)20-10-18(23)9-19(24)11-20)13-26-27-22(30)21(29)25-12-16-6-4-3-5-7-16/h3-11,13H,12H2,1-2H3,(H,25,29)(H,27,30)/b26-13-. The number of carbonyl (C=O) groups is 2. The predicted octanol–water partition coefficient (Wildman–Crippen LogP) is 4.17. The summed E-state index contributed by atoms with van der Waals surface area (Å²) in [6, 6.07) is 16.5. The Balaban J connectivity index is 1.65. The van der Waals surface area contributed by atoms with Gasteiger partial charge in [-0.3, -0.25) is 9.59 Å². The average molecular weight is 443 g/mol. The van der Waals surface area contributed by atoms with Gasteiger partial charge in [-0.1, -0.05) is 53.5 Å². The van der Waals surface area contributed by atoms with Crippen LogP contribution in [0.3, 0.4) is 0 Å². The molecule has 0 radical (unpaired) electrons. The molecule has 6 nitrogen and oxygen atoms in total. The van der Waals surface area contributed by atoms with E-state index in [9.17, 15) is 9.59 Å². The van der Waals surface area contributed by atoms with Crippen LogP contribution in [0.4, 0.5) is 0 Å². The highest BCUT2D eigenvalue weighted by Crippen LogP contribution is 2.25. The van der Waals surface area contributed by atoms with Crippen molar-refractivity contribution in [1.82, 2.24) is 15.3 Å². The molecule has 2 N–H and O–H groups in total. The summed E-state index contributed by atoms with van der Waals surface area (Å²) in [5.41, 5.74) is 6.59. The van der Waals surface area contributed by atoms with Gasteiger partial charge in [-0.25, -0.2) is 5.43 Å². The number of hydrogen-bond acceptors (Lipinski definition) is 3. The summed E-state index contributed by atoms with van der Waals surface area (Å²) in [5.74, 6) is -1.59. The molecule has 0 atom stereocenters. The summed E-state index contributed by atoms with van der Waals surface area (Å²) >= 11 is 12.2. The van der Waals surface area contributed by atoms with Gasteiger partial charge in [0.25, 0.3) is 0 Å². The van der Waals surface area contributed by atoms with E-state index >= 15 is 0 Å². The van der Waals surface area contributed by atoms with Crippen molar-refractivity contribution in [2.24, 2.45) is 5.10 Å². The lowest BCUT2D eigenvalue weighted by Gasteiger charge is -2.10. The van der Waals surface area contributed by atoms with E-state index in [4.69, 9.17) is 23.2 Å². The fourth-order valence-corrected chi connectivity index (χ4v) is 3.57. The minimum atomic E-state index is -0.836. The quantitative estimate of drug-likeness (QED) is 0.353. The van der Waals surface area contributed by atoms with E-state index in [-0.39, 0.29) is 6.54 Å². The lowest BCUT2D eigenvalue weighted by molar-refractivity contribution is -0.139. The van der Waals surface area contributed by atoms with Gasteiger partial charge >= 0.3 is 11.8 Å². The highest BCUT2D eigenvalue weighted by molar-refractivity contribution is 6.35. The second kappa shape index (κ2) is 9.61. The minimum absolute atomic E-state index is 0.264. The highest BCUT2D eigenvalue weighted by atomic mass is 35.5. The third-order valence-electron chi connectivity index (χ3n) is 4.45. The van der Waals surface area contributed by atoms with Gasteiger partial charge in [0.05, 0.1) is 6.21 Å². The zero-order valence-electron chi connectivity index (χ0n) is 16.4. The van der Waals surface area contributed by atoms with Crippen LogP contribution in [0.2, 0.25) is 10.0 Å². The first-order valence-corrected chi connectivity index (χ1v) is 9.91. The van der Waals surface area contributed by atoms with Crippen molar-refractivity contribution in [2.45, 2.75) is 20.4 Å². The molecule has 3 aromatic rings. The maximum absolute atomic E-state index is 11.9. The summed E-state index contributed by atoms with van der Waals surface area (Å²) in [6.45, 7) is 4.12. The molecular formula is C22H20Cl2N4O2. The van der Waals surface area contributed by atoms with Crippen LogP contribution < -0.4 is 10.7 Å². The Kier molecular flexibility index (Phi) is 6.92. The van der Waals surface area contributed by atoms with Gasteiger partial charge in [-0.15, -0.1) is 0 Å². The van der Waals surface area contributed by atoms with Crippen LogP contribution in [-0.4, -0.2) is 22.6 Å². The van der Waals surface area contributed by atoms with Crippen LogP contribution in [-0.2, 0) is 16.1 Å². The Bertz CT molecular complexity index is 1090. The van der Waals surface area contributed by atoms with Gasteiger partial charge < -0.3 is 9.88 Å². The van der Waals surface area contributed by atoms with Crippen molar-refractivity contribution in [3.05, 3.63) is 87.2 Å². The summed E-state index contributed by atoms with van der Waals surface area (Å²) in [6.07, 6.45) is 1.49. The maximum Gasteiger partial charge on any atom is 0.329 e. The van der Waals surface area contributed by atoms with Crippen molar-refractivity contribution < 1.29 is 9.59 Å². The summed E-state index contributed by atoms with van der Waals surface area (Å²) in [5, 5.41) is 7.53. The smallest absolute Gasteiger partial charge is 0.329 e. The molecule has 0 unspecified atom stereocenters. The fourth-order valence-electron chi connectivity index (χ4n) is 3.05. The number of halogens is 2. The van der Waals surface area contributed by atoms with Crippen LogP contribution in [0, 0.1) is 13.8 Å². The molecular weight excluding hydrogens is 423 g/mol. The Labute approximate surface area is 184 Å². The number of hydrogen-bond donors (Lipinski definition) is 2.